The number of carboxylic acids is 1. The van der Waals surface area contributed by atoms with Crippen LogP contribution < -0.4 is 0 Å². The molecule has 0 radical (unpaired) electrons. The second-order valence-corrected chi connectivity index (χ2v) is 5.12. The Kier molecular flexibility index (Phi) is 4.58. The molecule has 0 bridgehead atoms. The third-order valence-electron chi connectivity index (χ3n) is 3.69. The first-order valence-corrected chi connectivity index (χ1v) is 5.92. The summed E-state index contributed by atoms with van der Waals surface area (Å²) in [5.74, 6) is 0.902. The third kappa shape index (κ3) is 3.82. The van der Waals surface area contributed by atoms with Crippen molar-refractivity contribution < 1.29 is 9.90 Å². The van der Waals surface area contributed by atoms with Crippen molar-refractivity contribution >= 4 is 5.97 Å². The SMILES string of the molecule is CC(C)C1CCC(N(C)CC(=O)O)CC1. The van der Waals surface area contributed by atoms with Crippen LogP contribution in [0.4, 0.5) is 0 Å². The maximum absolute atomic E-state index is 10.6. The Morgan fingerprint density at radius 3 is 2.27 bits per heavy atom. The zero-order chi connectivity index (χ0) is 11.4. The van der Waals surface area contributed by atoms with Gasteiger partial charge in [-0.15, -0.1) is 0 Å². The first-order chi connectivity index (χ1) is 7.00. The first kappa shape index (κ1) is 12.5. The highest BCUT2D eigenvalue weighted by atomic mass is 16.4. The van der Waals surface area contributed by atoms with E-state index in [-0.39, 0.29) is 6.54 Å². The number of hydrogen-bond acceptors (Lipinski definition) is 2. The second kappa shape index (κ2) is 5.50. The van der Waals surface area contributed by atoms with Crippen LogP contribution in [0.5, 0.6) is 0 Å². The van der Waals surface area contributed by atoms with E-state index in [9.17, 15) is 4.79 Å². The van der Waals surface area contributed by atoms with Crippen molar-refractivity contribution in [3.63, 3.8) is 0 Å². The van der Waals surface area contributed by atoms with E-state index in [4.69, 9.17) is 5.11 Å². The van der Waals surface area contributed by atoms with E-state index in [2.05, 4.69) is 13.8 Å². The van der Waals surface area contributed by atoms with Crippen LogP contribution in [0.15, 0.2) is 0 Å². The lowest BCUT2D eigenvalue weighted by Crippen LogP contribution is -2.38. The summed E-state index contributed by atoms with van der Waals surface area (Å²) < 4.78 is 0. The number of likely N-dealkylation sites (N-methyl/N-ethyl adjacent to an activating group) is 1. The summed E-state index contributed by atoms with van der Waals surface area (Å²) in [6.07, 6.45) is 4.83. The second-order valence-electron chi connectivity index (χ2n) is 5.12. The lowest BCUT2D eigenvalue weighted by Gasteiger charge is -2.35. The van der Waals surface area contributed by atoms with E-state index in [1.54, 1.807) is 0 Å². The van der Waals surface area contributed by atoms with Crippen LogP contribution in [-0.2, 0) is 4.79 Å². The zero-order valence-electron chi connectivity index (χ0n) is 10.1. The van der Waals surface area contributed by atoms with Gasteiger partial charge in [-0.3, -0.25) is 9.69 Å². The molecule has 0 saturated heterocycles. The molecular formula is C12H23NO2. The Hall–Kier alpha value is -0.570. The van der Waals surface area contributed by atoms with Crippen molar-refractivity contribution in [3.05, 3.63) is 0 Å². The fraction of sp³-hybridized carbons (Fsp3) is 0.917. The molecule has 0 spiro atoms. The maximum atomic E-state index is 10.6. The number of hydrogen-bond donors (Lipinski definition) is 1. The van der Waals surface area contributed by atoms with Gasteiger partial charge in [0.05, 0.1) is 6.54 Å². The summed E-state index contributed by atoms with van der Waals surface area (Å²) in [7, 11) is 1.93. The summed E-state index contributed by atoms with van der Waals surface area (Å²) in [6.45, 7) is 4.74. The minimum Gasteiger partial charge on any atom is -0.480 e. The standard InChI is InChI=1S/C12H23NO2/c1-9(2)10-4-6-11(7-5-10)13(3)8-12(14)15/h9-11H,4-8H2,1-3H3,(H,14,15). The fourth-order valence-corrected chi connectivity index (χ4v) is 2.55. The lowest BCUT2D eigenvalue weighted by atomic mass is 9.79. The molecule has 1 aliphatic carbocycles. The van der Waals surface area contributed by atoms with Gasteiger partial charge in [-0.2, -0.15) is 0 Å². The number of aliphatic carboxylic acids is 1. The van der Waals surface area contributed by atoms with Gasteiger partial charge in [0.15, 0.2) is 0 Å². The largest absolute Gasteiger partial charge is 0.480 e. The average Bonchev–Trinajstić information content (AvgIpc) is 2.17. The quantitative estimate of drug-likeness (QED) is 0.778. The Morgan fingerprint density at radius 2 is 1.87 bits per heavy atom. The molecule has 0 aliphatic heterocycles. The van der Waals surface area contributed by atoms with Gasteiger partial charge in [0.25, 0.3) is 0 Å². The normalized spacial score (nSPS) is 27.3. The molecule has 3 heteroatoms. The summed E-state index contributed by atoms with van der Waals surface area (Å²) in [4.78, 5) is 12.6. The van der Waals surface area contributed by atoms with Crippen LogP contribution in [0.3, 0.4) is 0 Å². The van der Waals surface area contributed by atoms with Crippen LogP contribution in [0.25, 0.3) is 0 Å². The minimum absolute atomic E-state index is 0.178. The molecule has 15 heavy (non-hydrogen) atoms. The predicted molar refractivity (Wildman–Crippen MR) is 60.8 cm³/mol. The van der Waals surface area contributed by atoms with Gasteiger partial charge >= 0.3 is 5.97 Å². The van der Waals surface area contributed by atoms with Gasteiger partial charge < -0.3 is 5.11 Å². The molecule has 3 nitrogen and oxygen atoms in total. The van der Waals surface area contributed by atoms with Crippen LogP contribution >= 0.6 is 0 Å². The topological polar surface area (TPSA) is 40.5 Å². The van der Waals surface area contributed by atoms with Crippen molar-refractivity contribution in [2.75, 3.05) is 13.6 Å². The number of carboxylic acid groups (broad SMARTS) is 1. The first-order valence-electron chi connectivity index (χ1n) is 5.92. The molecule has 1 rings (SSSR count). The molecule has 1 saturated carbocycles. The van der Waals surface area contributed by atoms with Gasteiger partial charge in [0.1, 0.15) is 0 Å². The summed E-state index contributed by atoms with van der Waals surface area (Å²) in [5, 5.41) is 8.71. The van der Waals surface area contributed by atoms with E-state index in [1.165, 1.54) is 12.8 Å². The Morgan fingerprint density at radius 1 is 1.33 bits per heavy atom. The lowest BCUT2D eigenvalue weighted by molar-refractivity contribution is -0.138. The highest BCUT2D eigenvalue weighted by molar-refractivity contribution is 5.69. The van der Waals surface area contributed by atoms with E-state index in [0.717, 1.165) is 24.7 Å². The minimum atomic E-state index is -0.719. The van der Waals surface area contributed by atoms with Gasteiger partial charge in [-0.05, 0) is 44.6 Å². The van der Waals surface area contributed by atoms with Crippen LogP contribution in [0, 0.1) is 11.8 Å². The molecule has 0 heterocycles. The monoisotopic (exact) mass is 213 g/mol. The Balaban J connectivity index is 2.33. The van der Waals surface area contributed by atoms with E-state index < -0.39 is 5.97 Å². The van der Waals surface area contributed by atoms with Crippen molar-refractivity contribution in [1.29, 1.82) is 0 Å². The van der Waals surface area contributed by atoms with Crippen molar-refractivity contribution in [2.45, 2.75) is 45.6 Å². The third-order valence-corrected chi connectivity index (χ3v) is 3.69. The van der Waals surface area contributed by atoms with Crippen molar-refractivity contribution in [1.82, 2.24) is 4.90 Å². The molecule has 0 unspecified atom stereocenters. The van der Waals surface area contributed by atoms with E-state index >= 15 is 0 Å². The summed E-state index contributed by atoms with van der Waals surface area (Å²) in [6, 6.07) is 0.482. The molecule has 1 fully saturated rings. The smallest absolute Gasteiger partial charge is 0.317 e. The molecule has 1 N–H and O–H groups in total. The summed E-state index contributed by atoms with van der Waals surface area (Å²) in [5.41, 5.74) is 0. The molecular weight excluding hydrogens is 190 g/mol. The number of nitrogens with zero attached hydrogens (tertiary/aromatic N) is 1. The molecule has 0 aromatic carbocycles. The Bertz CT molecular complexity index is 208. The number of carbonyl (C=O) groups is 1. The molecule has 88 valence electrons. The van der Waals surface area contributed by atoms with Crippen LogP contribution in [0.1, 0.15) is 39.5 Å². The molecule has 0 atom stereocenters. The maximum Gasteiger partial charge on any atom is 0.317 e. The van der Waals surface area contributed by atoms with E-state index in [1.807, 2.05) is 11.9 Å². The van der Waals surface area contributed by atoms with Crippen molar-refractivity contribution in [2.24, 2.45) is 11.8 Å². The molecule has 0 aromatic heterocycles. The van der Waals surface area contributed by atoms with Crippen LogP contribution in [0.2, 0.25) is 0 Å². The van der Waals surface area contributed by atoms with Crippen LogP contribution in [-0.4, -0.2) is 35.6 Å². The highest BCUT2D eigenvalue weighted by Gasteiger charge is 2.26. The molecule has 0 aromatic rings. The van der Waals surface area contributed by atoms with Gasteiger partial charge in [-0.25, -0.2) is 0 Å². The Labute approximate surface area is 92.5 Å². The predicted octanol–water partition coefficient (Wildman–Crippen LogP) is 2.22. The highest BCUT2D eigenvalue weighted by Crippen LogP contribution is 2.31. The van der Waals surface area contributed by atoms with Gasteiger partial charge in [0.2, 0.25) is 0 Å². The van der Waals surface area contributed by atoms with Gasteiger partial charge in [-0.1, -0.05) is 13.8 Å². The van der Waals surface area contributed by atoms with Crippen molar-refractivity contribution in [3.8, 4) is 0 Å². The molecule has 0 amide bonds. The zero-order valence-corrected chi connectivity index (χ0v) is 10.1. The summed E-state index contributed by atoms with van der Waals surface area (Å²) >= 11 is 0. The average molecular weight is 213 g/mol. The molecule has 1 aliphatic rings. The fourth-order valence-electron chi connectivity index (χ4n) is 2.55. The number of rotatable bonds is 4. The van der Waals surface area contributed by atoms with E-state index in [0.29, 0.717) is 6.04 Å². The van der Waals surface area contributed by atoms with Gasteiger partial charge in [0, 0.05) is 6.04 Å².